The summed E-state index contributed by atoms with van der Waals surface area (Å²) in [5, 5.41) is 26.6. The number of carbonyl (C=O) groups is 1. The number of ether oxygens (including phenoxy) is 1. The SMILES string of the molecule is CCCN1C(=O)c2ccccc2N[C@H]1c1cc(OC)c([O-])c([N+](=O)[O-])c1. The Morgan fingerprint density at radius 3 is 2.69 bits per heavy atom. The highest BCUT2D eigenvalue weighted by Crippen LogP contribution is 2.40. The Morgan fingerprint density at radius 2 is 2.04 bits per heavy atom. The summed E-state index contributed by atoms with van der Waals surface area (Å²) >= 11 is 0. The summed E-state index contributed by atoms with van der Waals surface area (Å²) < 4.78 is 5.01. The van der Waals surface area contributed by atoms with Crippen molar-refractivity contribution in [3.05, 3.63) is 57.6 Å². The van der Waals surface area contributed by atoms with E-state index in [1.54, 1.807) is 29.2 Å². The van der Waals surface area contributed by atoms with E-state index in [0.29, 0.717) is 29.8 Å². The van der Waals surface area contributed by atoms with Crippen LogP contribution in [0, 0.1) is 10.1 Å². The van der Waals surface area contributed by atoms with Crippen LogP contribution in [0.3, 0.4) is 0 Å². The van der Waals surface area contributed by atoms with E-state index in [9.17, 15) is 20.0 Å². The van der Waals surface area contributed by atoms with Crippen molar-refractivity contribution in [3.8, 4) is 11.5 Å². The molecule has 1 aliphatic rings. The summed E-state index contributed by atoms with van der Waals surface area (Å²) in [5.74, 6) is -1.08. The zero-order valence-electron chi connectivity index (χ0n) is 14.4. The van der Waals surface area contributed by atoms with Gasteiger partial charge in [0.25, 0.3) is 11.6 Å². The van der Waals surface area contributed by atoms with Gasteiger partial charge in [0.1, 0.15) is 11.9 Å². The number of fused-ring (bicyclic) bond motifs is 1. The third-order valence-corrected chi connectivity index (χ3v) is 4.28. The Morgan fingerprint density at radius 1 is 1.31 bits per heavy atom. The van der Waals surface area contributed by atoms with Gasteiger partial charge in [-0.3, -0.25) is 14.9 Å². The molecule has 0 bridgehead atoms. The second-order valence-electron chi connectivity index (χ2n) is 5.92. The molecule has 2 aromatic rings. The first-order valence-electron chi connectivity index (χ1n) is 8.17. The van der Waals surface area contributed by atoms with E-state index in [4.69, 9.17) is 4.74 Å². The molecule has 1 amide bonds. The van der Waals surface area contributed by atoms with E-state index in [1.807, 2.05) is 6.92 Å². The van der Waals surface area contributed by atoms with Crippen molar-refractivity contribution in [1.29, 1.82) is 0 Å². The predicted molar refractivity (Wildman–Crippen MR) is 93.2 cm³/mol. The van der Waals surface area contributed by atoms with Crippen LogP contribution < -0.4 is 15.2 Å². The van der Waals surface area contributed by atoms with Crippen molar-refractivity contribution in [2.45, 2.75) is 19.5 Å². The molecule has 1 heterocycles. The fourth-order valence-corrected chi connectivity index (χ4v) is 3.08. The molecule has 0 aliphatic carbocycles. The number of carbonyl (C=O) groups excluding carboxylic acids is 1. The lowest BCUT2D eigenvalue weighted by Crippen LogP contribution is -2.43. The summed E-state index contributed by atoms with van der Waals surface area (Å²) in [6.45, 7) is 2.40. The van der Waals surface area contributed by atoms with Gasteiger partial charge < -0.3 is 20.1 Å². The van der Waals surface area contributed by atoms with Crippen molar-refractivity contribution < 1.29 is 19.6 Å². The normalized spacial score (nSPS) is 16.0. The fraction of sp³-hybridized carbons (Fsp3) is 0.278. The monoisotopic (exact) mass is 356 g/mol. The van der Waals surface area contributed by atoms with Crippen LogP contribution in [0.25, 0.3) is 0 Å². The van der Waals surface area contributed by atoms with Crippen LogP contribution in [0.1, 0.15) is 35.4 Å². The van der Waals surface area contributed by atoms with Crippen LogP contribution in [-0.4, -0.2) is 29.4 Å². The van der Waals surface area contributed by atoms with E-state index < -0.39 is 22.5 Å². The molecule has 0 saturated heterocycles. The number of nitrogens with one attached hydrogen (secondary N) is 1. The summed E-state index contributed by atoms with van der Waals surface area (Å²) in [4.78, 5) is 25.0. The van der Waals surface area contributed by atoms with Gasteiger partial charge in [-0.15, -0.1) is 0 Å². The molecule has 0 aromatic heterocycles. The third kappa shape index (κ3) is 2.90. The van der Waals surface area contributed by atoms with Gasteiger partial charge in [-0.1, -0.05) is 19.1 Å². The Labute approximate surface area is 150 Å². The average Bonchev–Trinajstić information content (AvgIpc) is 2.64. The first-order chi connectivity index (χ1) is 12.5. The van der Waals surface area contributed by atoms with Crippen LogP contribution in [0.5, 0.6) is 11.5 Å². The predicted octanol–water partition coefficient (Wildman–Crippen LogP) is 2.65. The van der Waals surface area contributed by atoms with E-state index in [0.717, 1.165) is 0 Å². The van der Waals surface area contributed by atoms with Crippen LogP contribution in [0.15, 0.2) is 36.4 Å². The topological polar surface area (TPSA) is 108 Å². The number of rotatable bonds is 5. The maximum atomic E-state index is 12.9. The second-order valence-corrected chi connectivity index (χ2v) is 5.92. The van der Waals surface area contributed by atoms with Gasteiger partial charge >= 0.3 is 0 Å². The van der Waals surface area contributed by atoms with Crippen molar-refractivity contribution in [2.75, 3.05) is 19.0 Å². The van der Waals surface area contributed by atoms with Crippen LogP contribution in [0.2, 0.25) is 0 Å². The van der Waals surface area contributed by atoms with Crippen molar-refractivity contribution >= 4 is 17.3 Å². The number of benzene rings is 2. The van der Waals surface area contributed by atoms with Gasteiger partial charge in [0.05, 0.1) is 17.6 Å². The summed E-state index contributed by atoms with van der Waals surface area (Å²) in [6, 6.07) is 9.73. The minimum atomic E-state index is -0.786. The van der Waals surface area contributed by atoms with E-state index in [1.165, 1.54) is 19.2 Å². The van der Waals surface area contributed by atoms with Crippen LogP contribution >= 0.6 is 0 Å². The first-order valence-corrected chi connectivity index (χ1v) is 8.17. The first kappa shape index (κ1) is 17.5. The molecule has 2 aromatic carbocycles. The Hall–Kier alpha value is -3.29. The molecule has 0 unspecified atom stereocenters. The van der Waals surface area contributed by atoms with E-state index >= 15 is 0 Å². The number of nitro benzene ring substituents is 1. The third-order valence-electron chi connectivity index (χ3n) is 4.28. The minimum absolute atomic E-state index is 0.126. The summed E-state index contributed by atoms with van der Waals surface area (Å²) in [6.07, 6.45) is 0.0795. The Balaban J connectivity index is 2.13. The molecule has 136 valence electrons. The molecule has 1 aliphatic heterocycles. The van der Waals surface area contributed by atoms with Gasteiger partial charge in [0.2, 0.25) is 0 Å². The molecule has 0 radical (unpaired) electrons. The van der Waals surface area contributed by atoms with Crippen LogP contribution in [-0.2, 0) is 0 Å². The fourth-order valence-electron chi connectivity index (χ4n) is 3.08. The maximum absolute atomic E-state index is 12.9. The summed E-state index contributed by atoms with van der Waals surface area (Å²) in [7, 11) is 1.28. The number of methoxy groups -OCH3 is 1. The lowest BCUT2D eigenvalue weighted by Gasteiger charge is -2.38. The number of hydrogen-bond acceptors (Lipinski definition) is 6. The minimum Gasteiger partial charge on any atom is -0.865 e. The largest absolute Gasteiger partial charge is 0.865 e. The molecular weight excluding hydrogens is 338 g/mol. The number of amides is 1. The molecule has 1 atom stereocenters. The van der Waals surface area contributed by atoms with Crippen molar-refractivity contribution in [2.24, 2.45) is 0 Å². The smallest absolute Gasteiger partial charge is 0.265 e. The van der Waals surface area contributed by atoms with E-state index in [-0.39, 0.29) is 11.7 Å². The van der Waals surface area contributed by atoms with Crippen LogP contribution in [0.4, 0.5) is 11.4 Å². The zero-order chi connectivity index (χ0) is 18.8. The second kappa shape index (κ2) is 6.91. The highest BCUT2D eigenvalue weighted by molar-refractivity contribution is 6.01. The van der Waals surface area contributed by atoms with E-state index in [2.05, 4.69) is 5.32 Å². The number of nitro groups is 1. The van der Waals surface area contributed by atoms with Gasteiger partial charge in [-0.2, -0.15) is 0 Å². The molecule has 8 heteroatoms. The highest BCUT2D eigenvalue weighted by Gasteiger charge is 2.33. The number of anilines is 1. The highest BCUT2D eigenvalue weighted by atomic mass is 16.6. The van der Waals surface area contributed by atoms with Crippen molar-refractivity contribution in [1.82, 2.24) is 4.90 Å². The average molecular weight is 356 g/mol. The standard InChI is InChI=1S/C18H19N3O5/c1-3-8-20-17(19-13-7-5-4-6-12(13)18(20)23)11-9-14(21(24)25)16(22)15(10-11)26-2/h4-7,9-10,17,19,22H,3,8H2,1-2H3/p-1/t17-/m1/s1. The lowest BCUT2D eigenvalue weighted by atomic mass is 10.0. The number of para-hydroxylation sites is 1. The van der Waals surface area contributed by atoms with Gasteiger partial charge in [-0.05, 0) is 24.6 Å². The molecule has 26 heavy (non-hydrogen) atoms. The van der Waals surface area contributed by atoms with Gasteiger partial charge in [0, 0.05) is 29.6 Å². The maximum Gasteiger partial charge on any atom is 0.265 e. The zero-order valence-corrected chi connectivity index (χ0v) is 14.4. The Bertz CT molecular complexity index is 868. The lowest BCUT2D eigenvalue weighted by molar-refractivity contribution is -0.398. The summed E-state index contributed by atoms with van der Waals surface area (Å²) in [5.41, 5.74) is 1.02. The molecule has 3 rings (SSSR count). The Kier molecular flexibility index (Phi) is 4.66. The molecule has 1 N–H and O–H groups in total. The molecule has 0 saturated carbocycles. The molecule has 0 fully saturated rings. The van der Waals surface area contributed by atoms with Gasteiger partial charge in [0.15, 0.2) is 0 Å². The molecule has 0 spiro atoms. The molecule has 8 nitrogen and oxygen atoms in total. The number of hydrogen-bond donors (Lipinski definition) is 1. The van der Waals surface area contributed by atoms with Crippen molar-refractivity contribution in [3.63, 3.8) is 0 Å². The van der Waals surface area contributed by atoms with Gasteiger partial charge in [-0.25, -0.2) is 0 Å². The number of nitrogens with zero attached hydrogens (tertiary/aromatic N) is 2. The quantitative estimate of drug-likeness (QED) is 0.652. The molecular formula is C18H18N3O5-.